The van der Waals surface area contributed by atoms with E-state index in [9.17, 15) is 0 Å². The molecule has 10 aromatic rings. The van der Waals surface area contributed by atoms with E-state index >= 15 is 0 Å². The highest BCUT2D eigenvalue weighted by atomic mass is 16.3. The van der Waals surface area contributed by atoms with Gasteiger partial charge in [-0.1, -0.05) is 100 Å². The second-order valence-corrected chi connectivity index (χ2v) is 18.0. The normalized spacial score (nSPS) is 16.4. The molecule has 7 aromatic carbocycles. The molecule has 0 spiro atoms. The zero-order chi connectivity index (χ0) is 37.4. The van der Waals surface area contributed by atoms with Crippen molar-refractivity contribution in [3.8, 4) is 11.1 Å². The predicted molar refractivity (Wildman–Crippen MR) is 235 cm³/mol. The first-order valence-electron chi connectivity index (χ1n) is 20.1. The number of furan rings is 2. The standard InChI is InChI=1S/C51H39BN2O2/c1-28-23-37-38(51(4,5)22-21-50(37,2)3)26-40(28)53-41-25-35-31-15-8-10-19-42(31)55-44(35)27-39(41)52-45-36(24-29-13-6-7-14-30(29)47(45)53)32-17-12-18-34-46(32)54(52)48-33-16-9-11-20-43(33)56-49(34)48/h6-20,23-27H,21-22H2,1-5H3. The van der Waals surface area contributed by atoms with Crippen LogP contribution in [-0.2, 0) is 10.8 Å². The van der Waals surface area contributed by atoms with Gasteiger partial charge in [-0.05, 0) is 118 Å². The smallest absolute Gasteiger partial charge is 0.333 e. The van der Waals surface area contributed by atoms with Crippen LogP contribution in [0.25, 0.3) is 76.8 Å². The van der Waals surface area contributed by atoms with Crippen LogP contribution in [0.2, 0.25) is 0 Å². The number of fused-ring (bicyclic) bond motifs is 15. The van der Waals surface area contributed by atoms with E-state index in [0.717, 1.165) is 55.8 Å². The molecule has 2 aliphatic heterocycles. The van der Waals surface area contributed by atoms with E-state index in [0.29, 0.717) is 0 Å². The number of hydrogen-bond donors (Lipinski definition) is 0. The zero-order valence-corrected chi connectivity index (χ0v) is 32.2. The van der Waals surface area contributed by atoms with Gasteiger partial charge in [0.2, 0.25) is 0 Å². The second kappa shape index (κ2) is 10.2. The van der Waals surface area contributed by atoms with Crippen LogP contribution >= 0.6 is 0 Å². The molecule has 3 aliphatic rings. The number of para-hydroxylation sites is 3. The minimum absolute atomic E-state index is 0.0565. The van der Waals surface area contributed by atoms with Gasteiger partial charge in [0.1, 0.15) is 16.7 Å². The maximum Gasteiger partial charge on any atom is 0.333 e. The Hall–Kier alpha value is -6.20. The zero-order valence-electron chi connectivity index (χ0n) is 32.2. The third-order valence-electron chi connectivity index (χ3n) is 13.9. The average molecular weight is 723 g/mol. The topological polar surface area (TPSA) is 34.5 Å². The van der Waals surface area contributed by atoms with E-state index in [1.807, 2.05) is 0 Å². The maximum atomic E-state index is 6.79. The molecule has 5 heteroatoms. The van der Waals surface area contributed by atoms with Crippen LogP contribution in [0.4, 0.5) is 17.1 Å². The van der Waals surface area contributed by atoms with Crippen molar-refractivity contribution < 1.29 is 8.83 Å². The summed E-state index contributed by atoms with van der Waals surface area (Å²) in [5.74, 6) is 0. The summed E-state index contributed by atoms with van der Waals surface area (Å²) in [6.45, 7) is 11.9. The van der Waals surface area contributed by atoms with Crippen molar-refractivity contribution in [2.45, 2.75) is 58.3 Å². The number of aromatic nitrogens is 1. The molecule has 4 nitrogen and oxygen atoms in total. The first-order valence-corrected chi connectivity index (χ1v) is 20.1. The van der Waals surface area contributed by atoms with Gasteiger partial charge in [-0.25, -0.2) is 0 Å². The summed E-state index contributed by atoms with van der Waals surface area (Å²) >= 11 is 0. The lowest BCUT2D eigenvalue weighted by atomic mass is 9.44. The van der Waals surface area contributed by atoms with Crippen molar-refractivity contribution in [2.75, 3.05) is 4.90 Å². The van der Waals surface area contributed by atoms with Crippen LogP contribution in [-0.4, -0.2) is 11.3 Å². The summed E-state index contributed by atoms with van der Waals surface area (Å²) in [7, 11) is 0. The fourth-order valence-electron chi connectivity index (χ4n) is 11.0. The van der Waals surface area contributed by atoms with Crippen LogP contribution in [0.1, 0.15) is 57.2 Å². The highest BCUT2D eigenvalue weighted by Crippen LogP contribution is 2.53. The Morgan fingerprint density at radius 1 is 0.554 bits per heavy atom. The summed E-state index contributed by atoms with van der Waals surface area (Å²) in [6, 6.07) is 45.1. The van der Waals surface area contributed by atoms with Gasteiger partial charge < -0.3 is 18.2 Å². The van der Waals surface area contributed by atoms with Gasteiger partial charge in [-0.15, -0.1) is 0 Å². The van der Waals surface area contributed by atoms with Crippen molar-refractivity contribution >= 4 is 101 Å². The highest BCUT2D eigenvalue weighted by molar-refractivity contribution is 6.90. The van der Waals surface area contributed by atoms with Gasteiger partial charge >= 0.3 is 6.85 Å². The molecule has 0 bridgehead atoms. The molecular formula is C51H39BN2O2. The molecule has 268 valence electrons. The number of benzene rings is 7. The largest absolute Gasteiger partial charge is 0.456 e. The molecule has 3 aromatic heterocycles. The average Bonchev–Trinajstić information content (AvgIpc) is 3.87. The van der Waals surface area contributed by atoms with Crippen molar-refractivity contribution in [3.05, 3.63) is 138 Å². The van der Waals surface area contributed by atoms with Crippen LogP contribution in [0.3, 0.4) is 0 Å². The van der Waals surface area contributed by atoms with Crippen molar-refractivity contribution in [1.82, 2.24) is 4.48 Å². The Bertz CT molecular complexity index is 3410. The SMILES string of the molecule is Cc1cc2c(cc1N1c3cc4c(cc3B3c5c(cc6ccccc6c51)-c1cccc5c6oc7ccccc7c6n3c15)oc1ccccc14)C(C)(C)CCC2(C)C. The van der Waals surface area contributed by atoms with Gasteiger partial charge in [0.15, 0.2) is 5.58 Å². The molecule has 13 rings (SSSR count). The first-order chi connectivity index (χ1) is 27.2. The molecule has 0 radical (unpaired) electrons. The number of hydrogen-bond acceptors (Lipinski definition) is 3. The lowest BCUT2D eigenvalue weighted by Crippen LogP contribution is -2.56. The Morgan fingerprint density at radius 2 is 1.23 bits per heavy atom. The molecule has 0 fully saturated rings. The van der Waals surface area contributed by atoms with Gasteiger partial charge in [0.25, 0.3) is 0 Å². The lowest BCUT2D eigenvalue weighted by Gasteiger charge is -2.45. The van der Waals surface area contributed by atoms with Crippen LogP contribution in [0.15, 0.2) is 130 Å². The number of anilines is 3. The second-order valence-electron chi connectivity index (χ2n) is 18.0. The Kier molecular flexibility index (Phi) is 5.63. The molecule has 56 heavy (non-hydrogen) atoms. The summed E-state index contributed by atoms with van der Waals surface area (Å²) in [4.78, 5) is 2.64. The Balaban J connectivity index is 1.25. The van der Waals surface area contributed by atoms with E-state index in [1.165, 1.54) is 78.5 Å². The summed E-state index contributed by atoms with van der Waals surface area (Å²) in [5, 5.41) is 7.06. The Labute approximate surface area is 325 Å². The molecular weight excluding hydrogens is 683 g/mol. The van der Waals surface area contributed by atoms with E-state index in [1.54, 1.807) is 0 Å². The molecule has 0 N–H and O–H groups in total. The molecule has 0 amide bonds. The van der Waals surface area contributed by atoms with Crippen molar-refractivity contribution in [1.29, 1.82) is 0 Å². The van der Waals surface area contributed by atoms with Crippen molar-refractivity contribution in [3.63, 3.8) is 0 Å². The van der Waals surface area contributed by atoms with E-state index in [4.69, 9.17) is 8.83 Å². The van der Waals surface area contributed by atoms with Crippen LogP contribution in [0.5, 0.6) is 0 Å². The molecule has 1 aliphatic carbocycles. The number of rotatable bonds is 1. The van der Waals surface area contributed by atoms with Gasteiger partial charge in [0.05, 0.1) is 11.2 Å². The summed E-state index contributed by atoms with van der Waals surface area (Å²) in [6.07, 6.45) is 2.35. The molecule has 0 saturated carbocycles. The minimum Gasteiger partial charge on any atom is -0.456 e. The van der Waals surface area contributed by atoms with E-state index in [2.05, 4.69) is 165 Å². The lowest BCUT2D eigenvalue weighted by molar-refractivity contribution is 0.332. The molecule has 0 atom stereocenters. The third kappa shape index (κ3) is 3.72. The fourth-order valence-corrected chi connectivity index (χ4v) is 11.0. The van der Waals surface area contributed by atoms with Gasteiger partial charge in [-0.3, -0.25) is 0 Å². The van der Waals surface area contributed by atoms with Crippen molar-refractivity contribution in [2.24, 2.45) is 0 Å². The molecule has 0 unspecified atom stereocenters. The molecule has 5 heterocycles. The van der Waals surface area contributed by atoms with Gasteiger partial charge in [-0.2, -0.15) is 0 Å². The first kappa shape index (κ1) is 31.1. The summed E-state index contributed by atoms with van der Waals surface area (Å²) < 4.78 is 16.1. The summed E-state index contributed by atoms with van der Waals surface area (Å²) in [5.41, 5.74) is 19.3. The van der Waals surface area contributed by atoms with Crippen LogP contribution in [0, 0.1) is 6.92 Å². The van der Waals surface area contributed by atoms with E-state index in [-0.39, 0.29) is 17.7 Å². The van der Waals surface area contributed by atoms with Crippen LogP contribution < -0.4 is 15.8 Å². The van der Waals surface area contributed by atoms with Gasteiger partial charge in [0, 0.05) is 49.4 Å². The highest BCUT2D eigenvalue weighted by Gasteiger charge is 2.46. The molecule has 0 saturated heterocycles. The van der Waals surface area contributed by atoms with E-state index < -0.39 is 0 Å². The predicted octanol–water partition coefficient (Wildman–Crippen LogP) is 12.7. The maximum absolute atomic E-state index is 6.79. The quantitative estimate of drug-likeness (QED) is 0.158. The third-order valence-corrected chi connectivity index (χ3v) is 13.9. The monoisotopic (exact) mass is 722 g/mol. The Morgan fingerprint density at radius 3 is 2.04 bits per heavy atom. The number of nitrogens with zero attached hydrogens (tertiary/aromatic N) is 2. The number of aryl methyl sites for hydroxylation is 1. The fraction of sp³-hybridized carbons (Fsp3) is 0.176. The minimum atomic E-state index is -0.127.